The van der Waals surface area contributed by atoms with E-state index in [1.807, 2.05) is 6.92 Å². The fourth-order valence-corrected chi connectivity index (χ4v) is 4.44. The summed E-state index contributed by atoms with van der Waals surface area (Å²) in [4.78, 5) is 29.6. The minimum absolute atomic E-state index is 0.156. The number of carbonyl (C=O) groups excluding carboxylic acids is 2. The zero-order valence-corrected chi connectivity index (χ0v) is 20.6. The van der Waals surface area contributed by atoms with Crippen LogP contribution >= 0.6 is 11.6 Å². The quantitative estimate of drug-likeness (QED) is 0.482. The van der Waals surface area contributed by atoms with E-state index in [1.54, 1.807) is 55.6 Å². The number of rotatable bonds is 9. The molecular formula is C25H29ClN6O3. The smallest absolute Gasteiger partial charge is 0.251 e. The van der Waals surface area contributed by atoms with E-state index in [2.05, 4.69) is 20.7 Å². The van der Waals surface area contributed by atoms with Crippen LogP contribution < -0.4 is 15.0 Å². The minimum Gasteiger partial charge on any atom is -0.497 e. The number of aromatic nitrogens is 4. The van der Waals surface area contributed by atoms with Crippen LogP contribution in [0.25, 0.3) is 11.4 Å². The molecule has 184 valence electrons. The molecule has 0 saturated heterocycles. The fraction of sp³-hybridized carbons (Fsp3) is 0.400. The van der Waals surface area contributed by atoms with Gasteiger partial charge in [0.1, 0.15) is 18.3 Å². The van der Waals surface area contributed by atoms with Gasteiger partial charge in [-0.15, -0.1) is 10.2 Å². The van der Waals surface area contributed by atoms with Crippen molar-refractivity contribution in [1.82, 2.24) is 25.5 Å². The Hall–Kier alpha value is -3.46. The van der Waals surface area contributed by atoms with Crippen LogP contribution in [0, 0.1) is 0 Å². The lowest BCUT2D eigenvalue weighted by Gasteiger charge is -2.31. The molecule has 1 aromatic heterocycles. The average molecular weight is 497 g/mol. The van der Waals surface area contributed by atoms with Gasteiger partial charge in [-0.2, -0.15) is 4.80 Å². The maximum atomic E-state index is 13.6. The van der Waals surface area contributed by atoms with Gasteiger partial charge in [0.25, 0.3) is 5.91 Å². The van der Waals surface area contributed by atoms with Crippen LogP contribution in [-0.2, 0) is 16.1 Å². The van der Waals surface area contributed by atoms with Crippen molar-refractivity contribution in [3.05, 3.63) is 53.6 Å². The number of anilines is 1. The van der Waals surface area contributed by atoms with E-state index in [0.29, 0.717) is 28.7 Å². The first kappa shape index (κ1) is 24.7. The molecule has 4 rings (SSSR count). The minimum atomic E-state index is -0.671. The van der Waals surface area contributed by atoms with Gasteiger partial charge < -0.3 is 10.1 Å². The standard InChI is InChI=1S/C25H29ClN6O3/c1-3-22(25(34)27-19-6-4-5-7-19)32(20-12-14-21(35-2)15-13-20)23(33)16-31-29-24(28-30-31)17-8-10-18(26)11-9-17/h8-15,19,22H,3-7,16H2,1-2H3,(H,27,34)/t22-/m1/s1. The highest BCUT2D eigenvalue weighted by Gasteiger charge is 2.32. The zero-order chi connectivity index (χ0) is 24.8. The maximum absolute atomic E-state index is 13.6. The topological polar surface area (TPSA) is 102 Å². The molecule has 10 heteroatoms. The summed E-state index contributed by atoms with van der Waals surface area (Å²) in [6.07, 6.45) is 4.61. The summed E-state index contributed by atoms with van der Waals surface area (Å²) in [5.74, 6) is 0.576. The second-order valence-corrected chi connectivity index (χ2v) is 8.96. The summed E-state index contributed by atoms with van der Waals surface area (Å²) < 4.78 is 5.26. The second-order valence-electron chi connectivity index (χ2n) is 8.53. The molecule has 0 unspecified atom stereocenters. The van der Waals surface area contributed by atoms with Crippen molar-refractivity contribution in [2.24, 2.45) is 0 Å². The van der Waals surface area contributed by atoms with Crippen molar-refractivity contribution >= 4 is 29.1 Å². The van der Waals surface area contributed by atoms with E-state index in [4.69, 9.17) is 16.3 Å². The van der Waals surface area contributed by atoms with Gasteiger partial charge in [-0.05, 0) is 73.0 Å². The number of methoxy groups -OCH3 is 1. The fourth-order valence-electron chi connectivity index (χ4n) is 4.32. The summed E-state index contributed by atoms with van der Waals surface area (Å²) in [5, 5.41) is 16.2. The Balaban J connectivity index is 1.57. The molecule has 0 bridgehead atoms. The molecule has 0 aliphatic heterocycles. The van der Waals surface area contributed by atoms with Crippen molar-refractivity contribution in [3.63, 3.8) is 0 Å². The summed E-state index contributed by atoms with van der Waals surface area (Å²) in [6, 6.07) is 13.6. The first-order chi connectivity index (χ1) is 17.0. The molecule has 0 spiro atoms. The van der Waals surface area contributed by atoms with E-state index in [0.717, 1.165) is 31.2 Å². The Bertz CT molecular complexity index is 1140. The molecule has 2 amide bonds. The third kappa shape index (κ3) is 5.97. The van der Waals surface area contributed by atoms with Crippen LogP contribution in [0.2, 0.25) is 5.02 Å². The van der Waals surface area contributed by atoms with Crippen LogP contribution in [0.4, 0.5) is 5.69 Å². The number of ether oxygens (including phenoxy) is 1. The number of tetrazole rings is 1. The van der Waals surface area contributed by atoms with Gasteiger partial charge in [-0.1, -0.05) is 31.4 Å². The molecule has 9 nitrogen and oxygen atoms in total. The first-order valence-corrected chi connectivity index (χ1v) is 12.2. The van der Waals surface area contributed by atoms with Gasteiger partial charge in [0.2, 0.25) is 11.7 Å². The monoisotopic (exact) mass is 496 g/mol. The predicted molar refractivity (Wildman–Crippen MR) is 133 cm³/mol. The summed E-state index contributed by atoms with van der Waals surface area (Å²) >= 11 is 5.96. The van der Waals surface area contributed by atoms with E-state index in [1.165, 1.54) is 9.70 Å². The van der Waals surface area contributed by atoms with E-state index < -0.39 is 6.04 Å². The van der Waals surface area contributed by atoms with E-state index in [9.17, 15) is 9.59 Å². The lowest BCUT2D eigenvalue weighted by molar-refractivity contribution is -0.127. The number of carbonyl (C=O) groups is 2. The van der Waals surface area contributed by atoms with Crippen molar-refractivity contribution in [1.29, 1.82) is 0 Å². The molecule has 1 heterocycles. The Labute approximate surface area is 209 Å². The Morgan fingerprint density at radius 1 is 1.14 bits per heavy atom. The lowest BCUT2D eigenvalue weighted by Crippen LogP contribution is -2.52. The van der Waals surface area contributed by atoms with Crippen LogP contribution in [0.5, 0.6) is 5.75 Å². The zero-order valence-electron chi connectivity index (χ0n) is 19.9. The molecule has 1 aliphatic rings. The van der Waals surface area contributed by atoms with Crippen molar-refractivity contribution in [3.8, 4) is 17.1 Å². The third-order valence-corrected chi connectivity index (χ3v) is 6.41. The number of benzene rings is 2. The SMILES string of the molecule is CC[C@H](C(=O)NC1CCCC1)N(C(=O)Cn1nnc(-c2ccc(Cl)cc2)n1)c1ccc(OC)cc1. The van der Waals surface area contributed by atoms with Crippen LogP contribution in [0.1, 0.15) is 39.0 Å². The van der Waals surface area contributed by atoms with E-state index >= 15 is 0 Å². The van der Waals surface area contributed by atoms with Crippen molar-refractivity contribution < 1.29 is 14.3 Å². The summed E-state index contributed by atoms with van der Waals surface area (Å²) in [7, 11) is 1.58. The number of hydrogen-bond acceptors (Lipinski definition) is 6. The van der Waals surface area contributed by atoms with Crippen LogP contribution in [0.3, 0.4) is 0 Å². The van der Waals surface area contributed by atoms with Gasteiger partial charge in [0.05, 0.1) is 7.11 Å². The van der Waals surface area contributed by atoms with Crippen molar-refractivity contribution in [2.45, 2.75) is 57.7 Å². The maximum Gasteiger partial charge on any atom is 0.251 e. The Morgan fingerprint density at radius 2 is 1.83 bits per heavy atom. The number of amides is 2. The molecule has 1 atom stereocenters. The molecule has 1 fully saturated rings. The average Bonchev–Trinajstić information content (AvgIpc) is 3.55. The predicted octanol–water partition coefficient (Wildman–Crippen LogP) is 3.87. The molecule has 0 radical (unpaired) electrons. The highest BCUT2D eigenvalue weighted by Crippen LogP contribution is 2.25. The van der Waals surface area contributed by atoms with Gasteiger partial charge in [-0.3, -0.25) is 14.5 Å². The van der Waals surface area contributed by atoms with E-state index in [-0.39, 0.29) is 24.4 Å². The largest absolute Gasteiger partial charge is 0.497 e. The van der Waals surface area contributed by atoms with Crippen LogP contribution in [-0.4, -0.2) is 51.2 Å². The number of hydrogen-bond donors (Lipinski definition) is 1. The molecule has 1 aliphatic carbocycles. The molecule has 1 N–H and O–H groups in total. The normalized spacial score (nSPS) is 14.5. The third-order valence-electron chi connectivity index (χ3n) is 6.15. The highest BCUT2D eigenvalue weighted by atomic mass is 35.5. The highest BCUT2D eigenvalue weighted by molar-refractivity contribution is 6.30. The molecule has 35 heavy (non-hydrogen) atoms. The molecule has 2 aromatic carbocycles. The molecular weight excluding hydrogens is 468 g/mol. The van der Waals surface area contributed by atoms with Gasteiger partial charge in [0, 0.05) is 22.3 Å². The van der Waals surface area contributed by atoms with Crippen molar-refractivity contribution in [2.75, 3.05) is 12.0 Å². The number of halogens is 1. The van der Waals surface area contributed by atoms with Gasteiger partial charge in [0.15, 0.2) is 0 Å². The van der Waals surface area contributed by atoms with Crippen LogP contribution in [0.15, 0.2) is 48.5 Å². The second kappa shape index (κ2) is 11.3. The molecule has 1 saturated carbocycles. The first-order valence-electron chi connectivity index (χ1n) is 11.8. The Morgan fingerprint density at radius 3 is 2.46 bits per heavy atom. The number of nitrogens with zero attached hydrogens (tertiary/aromatic N) is 5. The lowest BCUT2D eigenvalue weighted by atomic mass is 10.1. The Kier molecular flexibility index (Phi) is 7.97. The number of nitrogens with one attached hydrogen (secondary N) is 1. The molecule has 3 aromatic rings. The van der Waals surface area contributed by atoms with Gasteiger partial charge >= 0.3 is 0 Å². The van der Waals surface area contributed by atoms with Gasteiger partial charge in [-0.25, -0.2) is 0 Å². The summed E-state index contributed by atoms with van der Waals surface area (Å²) in [5.41, 5.74) is 1.34. The summed E-state index contributed by atoms with van der Waals surface area (Å²) in [6.45, 7) is 1.73.